The molecule has 1 aliphatic rings. The first-order valence-electron chi connectivity index (χ1n) is 6.49. The van der Waals surface area contributed by atoms with Gasteiger partial charge in [-0.2, -0.15) is 0 Å². The zero-order chi connectivity index (χ0) is 13.1. The van der Waals surface area contributed by atoms with E-state index in [1.54, 1.807) is 26.0 Å². The highest BCUT2D eigenvalue weighted by Crippen LogP contribution is 2.20. The average molecular weight is 250 g/mol. The fourth-order valence-electron chi connectivity index (χ4n) is 2.42. The quantitative estimate of drug-likeness (QED) is 0.763. The summed E-state index contributed by atoms with van der Waals surface area (Å²) in [6.07, 6.45) is 3.63. The highest BCUT2D eigenvalue weighted by Gasteiger charge is 2.18. The van der Waals surface area contributed by atoms with Gasteiger partial charge in [0.25, 0.3) is 0 Å². The van der Waals surface area contributed by atoms with Crippen LogP contribution < -0.4 is 0 Å². The Balaban J connectivity index is 2.00. The zero-order valence-corrected chi connectivity index (χ0v) is 11.0. The van der Waals surface area contributed by atoms with E-state index in [9.17, 15) is 9.18 Å². The van der Waals surface area contributed by atoms with Crippen LogP contribution in [0.1, 0.15) is 47.2 Å². The molecule has 0 bridgehead atoms. The molecule has 3 heteroatoms. The van der Waals surface area contributed by atoms with Crippen molar-refractivity contribution in [1.82, 2.24) is 0 Å². The summed E-state index contributed by atoms with van der Waals surface area (Å²) in [5.41, 5.74) is 1.69. The van der Waals surface area contributed by atoms with Gasteiger partial charge >= 0.3 is 0 Å². The molecule has 1 aromatic carbocycles. The number of aryl methyl sites for hydroxylation is 2. The van der Waals surface area contributed by atoms with Crippen molar-refractivity contribution in [1.29, 1.82) is 0 Å². The maximum atomic E-state index is 13.5. The number of carbonyl (C=O) groups excluding carboxylic acids is 1. The van der Waals surface area contributed by atoms with Crippen molar-refractivity contribution >= 4 is 5.78 Å². The standard InChI is InChI=1S/C15H19FO2/c1-10-8-12(9-11(2)15(10)16)14(17)6-5-13-4-3-7-18-13/h8-9,13H,3-7H2,1-2H3. The summed E-state index contributed by atoms with van der Waals surface area (Å²) in [6, 6.07) is 3.28. The Labute approximate surface area is 107 Å². The Morgan fingerprint density at radius 1 is 1.39 bits per heavy atom. The normalized spacial score (nSPS) is 19.2. The van der Waals surface area contributed by atoms with Crippen LogP contribution in [0, 0.1) is 19.7 Å². The number of hydrogen-bond donors (Lipinski definition) is 0. The van der Waals surface area contributed by atoms with Gasteiger partial charge in [0.15, 0.2) is 5.78 Å². The maximum Gasteiger partial charge on any atom is 0.162 e. The summed E-state index contributed by atoms with van der Waals surface area (Å²) in [7, 11) is 0. The SMILES string of the molecule is Cc1cc(C(=O)CCC2CCCO2)cc(C)c1F. The summed E-state index contributed by atoms with van der Waals surface area (Å²) in [6.45, 7) is 4.20. The average Bonchev–Trinajstić information content (AvgIpc) is 2.85. The van der Waals surface area contributed by atoms with E-state index < -0.39 is 0 Å². The summed E-state index contributed by atoms with van der Waals surface area (Å²) in [4.78, 5) is 12.0. The van der Waals surface area contributed by atoms with Crippen LogP contribution in [0.4, 0.5) is 4.39 Å². The van der Waals surface area contributed by atoms with Gasteiger partial charge in [-0.3, -0.25) is 4.79 Å². The molecular weight excluding hydrogens is 231 g/mol. The van der Waals surface area contributed by atoms with Gasteiger partial charge < -0.3 is 4.74 Å². The lowest BCUT2D eigenvalue weighted by molar-refractivity contribution is 0.0859. The third-order valence-electron chi connectivity index (χ3n) is 3.48. The van der Waals surface area contributed by atoms with Gasteiger partial charge in [-0.15, -0.1) is 0 Å². The molecule has 0 radical (unpaired) electrons. The molecule has 1 aromatic rings. The third-order valence-corrected chi connectivity index (χ3v) is 3.48. The van der Waals surface area contributed by atoms with E-state index in [0.29, 0.717) is 23.1 Å². The van der Waals surface area contributed by atoms with Gasteiger partial charge in [0, 0.05) is 18.6 Å². The first-order chi connectivity index (χ1) is 8.58. The summed E-state index contributed by atoms with van der Waals surface area (Å²) in [5, 5.41) is 0. The molecule has 0 spiro atoms. The number of ether oxygens (including phenoxy) is 1. The number of hydrogen-bond acceptors (Lipinski definition) is 2. The molecule has 0 amide bonds. The second-order valence-electron chi connectivity index (χ2n) is 5.02. The molecule has 0 N–H and O–H groups in total. The summed E-state index contributed by atoms with van der Waals surface area (Å²) >= 11 is 0. The van der Waals surface area contributed by atoms with E-state index in [1.807, 2.05) is 0 Å². The molecule has 1 atom stereocenters. The third kappa shape index (κ3) is 2.96. The first kappa shape index (κ1) is 13.2. The molecule has 98 valence electrons. The number of benzene rings is 1. The van der Waals surface area contributed by atoms with Crippen LogP contribution in [0.5, 0.6) is 0 Å². The Bertz CT molecular complexity index is 425. The van der Waals surface area contributed by atoms with Crippen LogP contribution in [0.2, 0.25) is 0 Å². The summed E-state index contributed by atoms with van der Waals surface area (Å²) in [5.74, 6) is -0.137. The van der Waals surface area contributed by atoms with E-state index >= 15 is 0 Å². The van der Waals surface area contributed by atoms with Crippen molar-refractivity contribution in [3.8, 4) is 0 Å². The molecule has 0 aromatic heterocycles. The first-order valence-corrected chi connectivity index (χ1v) is 6.49. The topological polar surface area (TPSA) is 26.3 Å². The van der Waals surface area contributed by atoms with Crippen molar-refractivity contribution < 1.29 is 13.9 Å². The summed E-state index contributed by atoms with van der Waals surface area (Å²) < 4.78 is 19.0. The minimum atomic E-state index is -0.217. The molecular formula is C15H19FO2. The van der Waals surface area contributed by atoms with Crippen LogP contribution in [0.3, 0.4) is 0 Å². The van der Waals surface area contributed by atoms with E-state index in [-0.39, 0.29) is 17.7 Å². The number of halogens is 1. The minimum absolute atomic E-state index is 0.0803. The molecule has 1 fully saturated rings. The monoisotopic (exact) mass is 250 g/mol. The van der Waals surface area contributed by atoms with Crippen molar-refractivity contribution in [3.63, 3.8) is 0 Å². The van der Waals surface area contributed by atoms with Crippen molar-refractivity contribution in [2.24, 2.45) is 0 Å². The molecule has 1 unspecified atom stereocenters. The lowest BCUT2D eigenvalue weighted by Crippen LogP contribution is -2.09. The number of carbonyl (C=O) groups is 1. The van der Waals surface area contributed by atoms with E-state index in [1.165, 1.54) is 0 Å². The van der Waals surface area contributed by atoms with Crippen molar-refractivity contribution in [2.75, 3.05) is 6.61 Å². The molecule has 0 saturated carbocycles. The van der Waals surface area contributed by atoms with Gasteiger partial charge in [0.05, 0.1) is 6.10 Å². The van der Waals surface area contributed by atoms with Crippen LogP contribution in [0.25, 0.3) is 0 Å². The minimum Gasteiger partial charge on any atom is -0.378 e. The van der Waals surface area contributed by atoms with Gasteiger partial charge in [-0.1, -0.05) is 0 Å². The zero-order valence-electron chi connectivity index (χ0n) is 11.0. The lowest BCUT2D eigenvalue weighted by atomic mass is 9.99. The Hall–Kier alpha value is -1.22. The molecule has 18 heavy (non-hydrogen) atoms. The largest absolute Gasteiger partial charge is 0.378 e. The molecule has 2 rings (SSSR count). The molecule has 2 nitrogen and oxygen atoms in total. The van der Waals surface area contributed by atoms with Crippen molar-refractivity contribution in [2.45, 2.75) is 45.6 Å². The van der Waals surface area contributed by atoms with Crippen LogP contribution >= 0.6 is 0 Å². The second-order valence-corrected chi connectivity index (χ2v) is 5.02. The predicted molar refractivity (Wildman–Crippen MR) is 68.4 cm³/mol. The van der Waals surface area contributed by atoms with Crippen LogP contribution in [-0.2, 0) is 4.74 Å². The van der Waals surface area contributed by atoms with Gasteiger partial charge in [-0.25, -0.2) is 4.39 Å². The van der Waals surface area contributed by atoms with E-state index in [0.717, 1.165) is 25.9 Å². The Morgan fingerprint density at radius 3 is 2.61 bits per heavy atom. The fourth-order valence-corrected chi connectivity index (χ4v) is 2.42. The smallest absolute Gasteiger partial charge is 0.162 e. The highest BCUT2D eigenvalue weighted by atomic mass is 19.1. The highest BCUT2D eigenvalue weighted by molar-refractivity contribution is 5.96. The molecule has 0 aliphatic carbocycles. The second kappa shape index (κ2) is 5.61. The van der Waals surface area contributed by atoms with Gasteiger partial charge in [0.2, 0.25) is 0 Å². The van der Waals surface area contributed by atoms with E-state index in [2.05, 4.69) is 0 Å². The van der Waals surface area contributed by atoms with Gasteiger partial charge in [-0.05, 0) is 56.4 Å². The van der Waals surface area contributed by atoms with Crippen LogP contribution in [0.15, 0.2) is 12.1 Å². The van der Waals surface area contributed by atoms with Crippen LogP contribution in [-0.4, -0.2) is 18.5 Å². The predicted octanol–water partition coefficient (Wildman–Crippen LogP) is 3.58. The Kier molecular flexibility index (Phi) is 4.12. The van der Waals surface area contributed by atoms with Crippen molar-refractivity contribution in [3.05, 3.63) is 34.6 Å². The Morgan fingerprint density at radius 2 is 2.06 bits per heavy atom. The molecule has 1 aliphatic heterocycles. The lowest BCUT2D eigenvalue weighted by Gasteiger charge is -2.09. The number of rotatable bonds is 4. The van der Waals surface area contributed by atoms with E-state index in [4.69, 9.17) is 4.74 Å². The molecule has 1 heterocycles. The van der Waals surface area contributed by atoms with Gasteiger partial charge in [0.1, 0.15) is 5.82 Å². The fraction of sp³-hybridized carbons (Fsp3) is 0.533. The number of ketones is 1. The number of Topliss-reactive ketones (excluding diaryl/α,β-unsaturated/α-hetero) is 1. The molecule has 1 saturated heterocycles. The maximum absolute atomic E-state index is 13.5.